The van der Waals surface area contributed by atoms with Gasteiger partial charge >= 0.3 is 5.97 Å². The fraction of sp³-hybridized carbons (Fsp3) is 0.933. The molecule has 8 fully saturated rings. The number of hydrogen-bond donors (Lipinski definition) is 1. The van der Waals surface area contributed by atoms with Crippen LogP contribution < -0.4 is 5.32 Å². The van der Waals surface area contributed by atoms with Crippen LogP contribution in [0.2, 0.25) is 0 Å². The Hall–Kier alpha value is -1.59. The number of nitrogens with zero attached hydrogens (tertiary/aromatic N) is 1. The highest BCUT2D eigenvalue weighted by atomic mass is 16.5. The molecule has 6 nitrogen and oxygen atoms in total. The van der Waals surface area contributed by atoms with Crippen LogP contribution in [0.15, 0.2) is 0 Å². The number of carbonyl (C=O) groups excluding carboxylic acids is 3. The lowest BCUT2D eigenvalue weighted by atomic mass is 9.32. The summed E-state index contributed by atoms with van der Waals surface area (Å²) in [5.74, 6) is 3.44. The van der Waals surface area contributed by atoms with Gasteiger partial charge in [0.2, 0.25) is 11.8 Å². The zero-order chi connectivity index (χ0) is 36.6. The van der Waals surface area contributed by atoms with Crippen LogP contribution >= 0.6 is 0 Å². The summed E-state index contributed by atoms with van der Waals surface area (Å²) in [5.41, 5.74) is 0.584. The zero-order valence-corrected chi connectivity index (χ0v) is 33.9. The van der Waals surface area contributed by atoms with E-state index in [4.69, 9.17) is 4.74 Å². The van der Waals surface area contributed by atoms with E-state index >= 15 is 4.79 Å². The van der Waals surface area contributed by atoms with Gasteiger partial charge in [-0.2, -0.15) is 0 Å². The van der Waals surface area contributed by atoms with Gasteiger partial charge in [0.1, 0.15) is 6.10 Å². The van der Waals surface area contributed by atoms with Crippen LogP contribution in [-0.4, -0.2) is 47.9 Å². The molecule has 7 aliphatic carbocycles. The Morgan fingerprint density at radius 1 is 0.667 bits per heavy atom. The first-order valence-corrected chi connectivity index (χ1v) is 21.6. The topological polar surface area (TPSA) is 75.7 Å². The number of esters is 1. The number of nitrogens with one attached hydrogen (secondary N) is 1. The van der Waals surface area contributed by atoms with E-state index in [0.29, 0.717) is 46.8 Å². The minimum Gasteiger partial charge on any atom is -0.462 e. The van der Waals surface area contributed by atoms with E-state index in [1.807, 2.05) is 0 Å². The van der Waals surface area contributed by atoms with Gasteiger partial charge in [-0.1, -0.05) is 55.4 Å². The van der Waals surface area contributed by atoms with Gasteiger partial charge in [0.15, 0.2) is 0 Å². The van der Waals surface area contributed by atoms with E-state index in [2.05, 4.69) is 65.6 Å². The van der Waals surface area contributed by atoms with Gasteiger partial charge in [-0.3, -0.25) is 14.4 Å². The summed E-state index contributed by atoms with van der Waals surface area (Å²) < 4.78 is 6.00. The maximum absolute atomic E-state index is 15.1. The highest BCUT2D eigenvalue weighted by molar-refractivity contribution is 5.86. The Morgan fingerprint density at radius 3 is 2.02 bits per heavy atom. The van der Waals surface area contributed by atoms with Crippen LogP contribution in [0.5, 0.6) is 0 Å². The Bertz CT molecular complexity index is 1440. The standard InChI is InChI=1S/C45H72N2O4/c1-28(48)51-35-17-18-42(7)32(40(35,4)5)16-19-44(9)33(42)14-13-30-36-29(41(6)21-22-41)15-20-45(36,24-23-43(30,44)8)38(50)46-34-27-31(39(34,2)3)37(49)47-25-11-10-12-26-47/h29-36H,10-27H2,1-9H3,(H,46,50)/t29-,30-,31-,32+,33-,34-,35+,36-,42+,43-,44-,45+/m1/s1. The van der Waals surface area contributed by atoms with Crippen molar-refractivity contribution < 1.29 is 19.1 Å². The van der Waals surface area contributed by atoms with Gasteiger partial charge in [-0.05, 0) is 159 Å². The predicted octanol–water partition coefficient (Wildman–Crippen LogP) is 9.34. The van der Waals surface area contributed by atoms with Crippen LogP contribution in [0.3, 0.4) is 0 Å². The SMILES string of the molecule is CC(=O)O[C@H]1CC[C@]2(C)[C@H]3CC[C@@H]4[C@H]5[C@H](C6(C)CC6)CC[C@]5(C(=O)N[C@@H]5C[C@H](C(=O)N6CCCCC6)C5(C)C)CC[C@@]4(C)[C@]3(C)CC[C@H]2C1(C)C. The first-order chi connectivity index (χ1) is 23.9. The van der Waals surface area contributed by atoms with Gasteiger partial charge < -0.3 is 15.0 Å². The second-order valence-corrected chi connectivity index (χ2v) is 22.1. The third-order valence-corrected chi connectivity index (χ3v) is 19.6. The predicted molar refractivity (Wildman–Crippen MR) is 201 cm³/mol. The number of likely N-dealkylation sites (tertiary alicyclic amines) is 1. The molecule has 286 valence electrons. The number of carbonyl (C=O) groups is 3. The van der Waals surface area contributed by atoms with Crippen molar-refractivity contribution in [1.82, 2.24) is 10.2 Å². The Labute approximate surface area is 310 Å². The van der Waals surface area contributed by atoms with Crippen molar-refractivity contribution in [2.45, 2.75) is 177 Å². The van der Waals surface area contributed by atoms with Crippen LogP contribution in [0.25, 0.3) is 0 Å². The van der Waals surface area contributed by atoms with E-state index in [1.165, 1.54) is 51.4 Å². The minimum absolute atomic E-state index is 0.00973. The lowest BCUT2D eigenvalue weighted by molar-refractivity contribution is -0.250. The van der Waals surface area contributed by atoms with E-state index in [9.17, 15) is 9.59 Å². The molecule has 0 spiro atoms. The Morgan fingerprint density at radius 2 is 1.37 bits per heavy atom. The molecule has 1 saturated heterocycles. The lowest BCUT2D eigenvalue weighted by Crippen LogP contribution is -2.68. The molecule has 0 bridgehead atoms. The molecule has 8 rings (SSSR count). The third kappa shape index (κ3) is 5.00. The van der Waals surface area contributed by atoms with Crippen molar-refractivity contribution in [3.63, 3.8) is 0 Å². The molecule has 1 aliphatic heterocycles. The average molecular weight is 705 g/mol. The summed E-state index contributed by atoms with van der Waals surface area (Å²) in [6.45, 7) is 23.2. The molecule has 0 aromatic heterocycles. The molecular weight excluding hydrogens is 633 g/mol. The normalized spacial score (nSPS) is 48.8. The van der Waals surface area contributed by atoms with Crippen molar-refractivity contribution in [2.75, 3.05) is 13.1 Å². The maximum atomic E-state index is 15.1. The van der Waals surface area contributed by atoms with Crippen LogP contribution in [-0.2, 0) is 19.1 Å². The fourth-order valence-corrected chi connectivity index (χ4v) is 15.9. The first-order valence-electron chi connectivity index (χ1n) is 21.6. The minimum atomic E-state index is -0.271. The van der Waals surface area contributed by atoms with Crippen LogP contribution in [0, 0.1) is 73.4 Å². The summed E-state index contributed by atoms with van der Waals surface area (Å²) in [5, 5.41) is 3.72. The van der Waals surface area contributed by atoms with Crippen LogP contribution in [0.4, 0.5) is 0 Å². The average Bonchev–Trinajstić information content (AvgIpc) is 3.69. The second-order valence-electron chi connectivity index (χ2n) is 22.1. The van der Waals surface area contributed by atoms with E-state index in [1.54, 1.807) is 6.92 Å². The lowest BCUT2D eigenvalue weighted by Gasteiger charge is -2.73. The monoisotopic (exact) mass is 705 g/mol. The van der Waals surface area contributed by atoms with Crippen LogP contribution in [0.1, 0.15) is 165 Å². The van der Waals surface area contributed by atoms with Gasteiger partial charge in [-0.25, -0.2) is 0 Å². The molecule has 2 amide bonds. The molecule has 7 saturated carbocycles. The number of fused-ring (bicyclic) bond motifs is 7. The van der Waals surface area contributed by atoms with Crippen molar-refractivity contribution in [3.05, 3.63) is 0 Å². The van der Waals surface area contributed by atoms with Gasteiger partial charge in [0, 0.05) is 37.4 Å². The summed E-state index contributed by atoms with van der Waals surface area (Å²) in [7, 11) is 0. The summed E-state index contributed by atoms with van der Waals surface area (Å²) in [4.78, 5) is 42.9. The maximum Gasteiger partial charge on any atom is 0.302 e. The Kier molecular flexibility index (Phi) is 8.35. The van der Waals surface area contributed by atoms with E-state index < -0.39 is 0 Å². The van der Waals surface area contributed by atoms with Gasteiger partial charge in [-0.15, -0.1) is 0 Å². The molecule has 0 aromatic rings. The van der Waals surface area contributed by atoms with E-state index in [0.717, 1.165) is 64.5 Å². The summed E-state index contributed by atoms with van der Waals surface area (Å²) in [6.07, 6.45) is 18.5. The molecule has 0 unspecified atom stereocenters. The molecule has 0 aromatic carbocycles. The quantitative estimate of drug-likeness (QED) is 0.290. The highest BCUT2D eigenvalue weighted by Crippen LogP contribution is 2.79. The van der Waals surface area contributed by atoms with Crippen molar-refractivity contribution in [3.8, 4) is 0 Å². The number of hydrogen-bond acceptors (Lipinski definition) is 4. The molecule has 12 atom stereocenters. The number of rotatable bonds is 5. The van der Waals surface area contributed by atoms with Crippen molar-refractivity contribution in [2.24, 2.45) is 73.4 Å². The molecular formula is C45H72N2O4. The molecule has 1 N–H and O–H groups in total. The highest BCUT2D eigenvalue weighted by Gasteiger charge is 2.74. The zero-order valence-electron chi connectivity index (χ0n) is 33.9. The first kappa shape index (κ1) is 36.4. The summed E-state index contributed by atoms with van der Waals surface area (Å²) in [6, 6.07) is 0.0802. The van der Waals surface area contributed by atoms with Gasteiger partial charge in [0.25, 0.3) is 0 Å². The van der Waals surface area contributed by atoms with Crippen molar-refractivity contribution >= 4 is 17.8 Å². The smallest absolute Gasteiger partial charge is 0.302 e. The molecule has 51 heavy (non-hydrogen) atoms. The molecule has 8 aliphatic rings. The fourth-order valence-electron chi connectivity index (χ4n) is 15.9. The largest absolute Gasteiger partial charge is 0.462 e. The number of amides is 2. The van der Waals surface area contributed by atoms with Gasteiger partial charge in [0.05, 0.1) is 5.41 Å². The Balaban J connectivity index is 1.06. The second kappa shape index (κ2) is 11.7. The molecule has 1 heterocycles. The number of piperidine rings is 1. The van der Waals surface area contributed by atoms with Crippen molar-refractivity contribution in [1.29, 1.82) is 0 Å². The molecule has 6 heteroatoms. The molecule has 0 radical (unpaired) electrons. The number of ether oxygens (including phenoxy) is 1. The third-order valence-electron chi connectivity index (χ3n) is 19.6. The summed E-state index contributed by atoms with van der Waals surface area (Å²) >= 11 is 0. The van der Waals surface area contributed by atoms with E-state index in [-0.39, 0.29) is 56.5 Å².